The standard InChI is InChI=1S/C16H25IN2S/c1-12-5-8-19(9-6-12)10-7-18-14-3-2-4-15-13(14)11-16(17)20-15/h11-12,14,18H,2-10H2,1H3. The molecule has 1 aromatic heterocycles. The van der Waals surface area contributed by atoms with Crippen LogP contribution in [-0.4, -0.2) is 31.1 Å². The number of hydrogen-bond acceptors (Lipinski definition) is 3. The molecule has 1 aliphatic carbocycles. The minimum absolute atomic E-state index is 0.613. The van der Waals surface area contributed by atoms with Gasteiger partial charge in [-0.2, -0.15) is 0 Å². The number of piperidine rings is 1. The quantitative estimate of drug-likeness (QED) is 0.762. The molecule has 0 radical (unpaired) electrons. The smallest absolute Gasteiger partial charge is 0.0659 e. The van der Waals surface area contributed by atoms with Crippen molar-refractivity contribution in [3.63, 3.8) is 0 Å². The monoisotopic (exact) mass is 404 g/mol. The van der Waals surface area contributed by atoms with Crippen molar-refractivity contribution in [3.8, 4) is 0 Å². The van der Waals surface area contributed by atoms with Gasteiger partial charge in [0.2, 0.25) is 0 Å². The Morgan fingerprint density at radius 2 is 2.15 bits per heavy atom. The zero-order valence-electron chi connectivity index (χ0n) is 12.3. The molecule has 20 heavy (non-hydrogen) atoms. The van der Waals surface area contributed by atoms with Crippen LogP contribution in [0.15, 0.2) is 6.07 Å². The largest absolute Gasteiger partial charge is 0.309 e. The molecule has 0 aromatic carbocycles. The third kappa shape index (κ3) is 3.76. The van der Waals surface area contributed by atoms with Gasteiger partial charge in [0.25, 0.3) is 0 Å². The first kappa shape index (κ1) is 15.3. The number of fused-ring (bicyclic) bond motifs is 1. The first-order valence-corrected chi connectivity index (χ1v) is 9.86. The Kier molecular flexibility index (Phi) is 5.39. The summed E-state index contributed by atoms with van der Waals surface area (Å²) in [4.78, 5) is 4.26. The van der Waals surface area contributed by atoms with Crippen molar-refractivity contribution >= 4 is 33.9 Å². The maximum Gasteiger partial charge on any atom is 0.0659 e. The SMILES string of the molecule is CC1CCN(CCNC2CCCc3sc(I)cc32)CC1. The number of nitrogens with zero attached hydrogens (tertiary/aromatic N) is 1. The minimum atomic E-state index is 0.613. The van der Waals surface area contributed by atoms with Crippen molar-refractivity contribution < 1.29 is 0 Å². The van der Waals surface area contributed by atoms with Gasteiger partial charge in [0.15, 0.2) is 0 Å². The van der Waals surface area contributed by atoms with E-state index in [1.54, 1.807) is 10.4 Å². The minimum Gasteiger partial charge on any atom is -0.309 e. The van der Waals surface area contributed by atoms with Gasteiger partial charge in [-0.1, -0.05) is 6.92 Å². The van der Waals surface area contributed by atoms with E-state index in [2.05, 4.69) is 45.8 Å². The highest BCUT2D eigenvalue weighted by Gasteiger charge is 2.22. The van der Waals surface area contributed by atoms with Crippen LogP contribution in [0.3, 0.4) is 0 Å². The third-order valence-corrected chi connectivity index (χ3v) is 6.75. The van der Waals surface area contributed by atoms with Gasteiger partial charge >= 0.3 is 0 Å². The number of aryl methyl sites for hydroxylation is 1. The molecule has 1 aliphatic heterocycles. The van der Waals surface area contributed by atoms with Crippen molar-refractivity contribution in [3.05, 3.63) is 19.4 Å². The second kappa shape index (κ2) is 7.07. The first-order chi connectivity index (χ1) is 9.72. The second-order valence-corrected chi connectivity index (χ2v) is 9.38. The molecule has 112 valence electrons. The van der Waals surface area contributed by atoms with E-state index in [9.17, 15) is 0 Å². The topological polar surface area (TPSA) is 15.3 Å². The number of halogens is 1. The second-order valence-electron chi connectivity index (χ2n) is 6.35. The highest BCUT2D eigenvalue weighted by molar-refractivity contribution is 14.1. The van der Waals surface area contributed by atoms with Crippen LogP contribution in [0, 0.1) is 8.80 Å². The van der Waals surface area contributed by atoms with Crippen molar-refractivity contribution in [2.24, 2.45) is 5.92 Å². The molecule has 0 amide bonds. The van der Waals surface area contributed by atoms with Crippen LogP contribution in [0.1, 0.15) is 49.1 Å². The van der Waals surface area contributed by atoms with E-state index in [1.807, 2.05) is 11.3 Å². The van der Waals surface area contributed by atoms with E-state index in [1.165, 1.54) is 54.6 Å². The van der Waals surface area contributed by atoms with Gasteiger partial charge < -0.3 is 10.2 Å². The van der Waals surface area contributed by atoms with Crippen LogP contribution in [0.2, 0.25) is 0 Å². The fourth-order valence-electron chi connectivity index (χ4n) is 3.42. The highest BCUT2D eigenvalue weighted by atomic mass is 127. The number of nitrogens with one attached hydrogen (secondary N) is 1. The number of rotatable bonds is 4. The lowest BCUT2D eigenvalue weighted by Gasteiger charge is -2.31. The molecule has 1 atom stereocenters. The fraction of sp³-hybridized carbons (Fsp3) is 0.750. The Balaban J connectivity index is 1.47. The Labute approximate surface area is 140 Å². The molecule has 1 saturated heterocycles. The lowest BCUT2D eigenvalue weighted by atomic mass is 9.94. The van der Waals surface area contributed by atoms with Gasteiger partial charge in [0.05, 0.1) is 2.88 Å². The molecule has 1 fully saturated rings. The summed E-state index contributed by atoms with van der Waals surface area (Å²) in [6, 6.07) is 3.02. The summed E-state index contributed by atoms with van der Waals surface area (Å²) in [5.74, 6) is 0.938. The maximum absolute atomic E-state index is 3.81. The first-order valence-electron chi connectivity index (χ1n) is 7.96. The molecule has 0 bridgehead atoms. The third-order valence-electron chi connectivity index (χ3n) is 4.78. The molecule has 3 rings (SSSR count). The average molecular weight is 404 g/mol. The van der Waals surface area contributed by atoms with E-state index in [4.69, 9.17) is 0 Å². The van der Waals surface area contributed by atoms with Gasteiger partial charge in [-0.15, -0.1) is 11.3 Å². The Hall–Kier alpha value is 0.350. The number of hydrogen-bond donors (Lipinski definition) is 1. The van der Waals surface area contributed by atoms with Gasteiger partial charge in [0.1, 0.15) is 0 Å². The summed E-state index contributed by atoms with van der Waals surface area (Å²) >= 11 is 4.46. The number of thiophene rings is 1. The zero-order valence-corrected chi connectivity index (χ0v) is 15.3. The van der Waals surface area contributed by atoms with Crippen LogP contribution in [0.25, 0.3) is 0 Å². The van der Waals surface area contributed by atoms with E-state index in [-0.39, 0.29) is 0 Å². The summed E-state index contributed by atoms with van der Waals surface area (Å²) < 4.78 is 1.45. The molecular formula is C16H25IN2S. The molecule has 0 spiro atoms. The summed E-state index contributed by atoms with van der Waals surface area (Å²) in [5, 5.41) is 3.81. The van der Waals surface area contributed by atoms with Crippen LogP contribution in [-0.2, 0) is 6.42 Å². The van der Waals surface area contributed by atoms with Crippen LogP contribution < -0.4 is 5.32 Å². The Morgan fingerprint density at radius 1 is 1.35 bits per heavy atom. The van der Waals surface area contributed by atoms with Crippen molar-refractivity contribution in [2.45, 2.75) is 45.1 Å². The Bertz CT molecular complexity index is 438. The van der Waals surface area contributed by atoms with E-state index < -0.39 is 0 Å². The highest BCUT2D eigenvalue weighted by Crippen LogP contribution is 2.36. The summed E-state index contributed by atoms with van der Waals surface area (Å²) in [6.45, 7) is 7.35. The molecule has 2 heterocycles. The van der Waals surface area contributed by atoms with Crippen molar-refractivity contribution in [1.82, 2.24) is 10.2 Å². The molecule has 1 unspecified atom stereocenters. The normalized spacial score (nSPS) is 24.8. The van der Waals surface area contributed by atoms with E-state index in [0.717, 1.165) is 12.5 Å². The molecule has 2 aliphatic rings. The number of likely N-dealkylation sites (tertiary alicyclic amines) is 1. The van der Waals surface area contributed by atoms with Gasteiger partial charge in [-0.3, -0.25) is 0 Å². The average Bonchev–Trinajstić information content (AvgIpc) is 2.82. The molecule has 0 saturated carbocycles. The maximum atomic E-state index is 3.81. The van der Waals surface area contributed by atoms with E-state index in [0.29, 0.717) is 6.04 Å². The van der Waals surface area contributed by atoms with Gasteiger partial charge in [-0.05, 0) is 85.3 Å². The lowest BCUT2D eigenvalue weighted by Crippen LogP contribution is -2.38. The molecular weight excluding hydrogens is 379 g/mol. The van der Waals surface area contributed by atoms with Crippen molar-refractivity contribution in [2.75, 3.05) is 26.2 Å². The molecule has 1 N–H and O–H groups in total. The summed E-state index contributed by atoms with van der Waals surface area (Å²) in [7, 11) is 0. The molecule has 4 heteroatoms. The van der Waals surface area contributed by atoms with E-state index >= 15 is 0 Å². The van der Waals surface area contributed by atoms with Crippen molar-refractivity contribution in [1.29, 1.82) is 0 Å². The van der Waals surface area contributed by atoms with Crippen LogP contribution >= 0.6 is 33.9 Å². The summed E-state index contributed by atoms with van der Waals surface area (Å²) in [6.07, 6.45) is 6.73. The Morgan fingerprint density at radius 3 is 2.95 bits per heavy atom. The van der Waals surface area contributed by atoms with Crippen LogP contribution in [0.5, 0.6) is 0 Å². The fourth-order valence-corrected chi connectivity index (χ4v) is 5.54. The predicted octanol–water partition coefficient (Wildman–Crippen LogP) is 4.05. The van der Waals surface area contributed by atoms with Crippen LogP contribution in [0.4, 0.5) is 0 Å². The molecule has 1 aromatic rings. The molecule has 2 nitrogen and oxygen atoms in total. The van der Waals surface area contributed by atoms with Gasteiger partial charge in [0, 0.05) is 24.0 Å². The summed E-state index contributed by atoms with van der Waals surface area (Å²) in [5.41, 5.74) is 1.60. The van der Waals surface area contributed by atoms with Gasteiger partial charge in [-0.25, -0.2) is 0 Å². The lowest BCUT2D eigenvalue weighted by molar-refractivity contribution is 0.190. The predicted molar refractivity (Wildman–Crippen MR) is 95.6 cm³/mol. The zero-order chi connectivity index (χ0) is 13.9.